The number of nitrogens with zero attached hydrogens (tertiary/aromatic N) is 2. The van der Waals surface area contributed by atoms with Crippen molar-refractivity contribution >= 4 is 36.4 Å². The standard InChI is InChI=1S/C20H32N4O.2ClH/c1-15(2)23-10-12-24(13-11-23)18-6-4-17(5-7-18)20(25)22-19-14-21-9-8-16(19)3;;/h4-7,15-16,19,21H,8-14H2,1-3H3,(H,22,25);2*1H. The maximum atomic E-state index is 12.5. The molecular formula is C20H34Cl2N4O. The molecule has 2 N–H and O–H groups in total. The molecule has 1 amide bonds. The summed E-state index contributed by atoms with van der Waals surface area (Å²) in [6, 6.07) is 8.93. The minimum atomic E-state index is 0. The Bertz CT molecular complexity index is 574. The summed E-state index contributed by atoms with van der Waals surface area (Å²) in [5.41, 5.74) is 1.97. The molecule has 0 radical (unpaired) electrons. The minimum Gasteiger partial charge on any atom is -0.369 e. The van der Waals surface area contributed by atoms with Gasteiger partial charge in [0.2, 0.25) is 0 Å². The Kier molecular flexibility index (Phi) is 9.88. The third kappa shape index (κ3) is 6.24. The van der Waals surface area contributed by atoms with Crippen LogP contribution in [0, 0.1) is 5.92 Å². The average molecular weight is 417 g/mol. The number of benzene rings is 1. The van der Waals surface area contributed by atoms with Crippen LogP contribution >= 0.6 is 24.8 Å². The van der Waals surface area contributed by atoms with Crippen molar-refractivity contribution in [1.82, 2.24) is 15.5 Å². The zero-order chi connectivity index (χ0) is 17.8. The van der Waals surface area contributed by atoms with E-state index in [2.05, 4.69) is 53.3 Å². The molecule has 1 aromatic rings. The van der Waals surface area contributed by atoms with Gasteiger partial charge in [-0.1, -0.05) is 6.92 Å². The van der Waals surface area contributed by atoms with E-state index in [-0.39, 0.29) is 36.8 Å². The molecule has 2 saturated heterocycles. The zero-order valence-electron chi connectivity index (χ0n) is 16.6. The van der Waals surface area contributed by atoms with E-state index >= 15 is 0 Å². The molecule has 2 unspecified atom stereocenters. The van der Waals surface area contributed by atoms with Crippen LogP contribution in [0.1, 0.15) is 37.6 Å². The molecular weight excluding hydrogens is 383 g/mol. The van der Waals surface area contributed by atoms with E-state index in [1.807, 2.05) is 12.1 Å². The summed E-state index contributed by atoms with van der Waals surface area (Å²) in [7, 11) is 0. The van der Waals surface area contributed by atoms with E-state index in [1.165, 1.54) is 5.69 Å². The van der Waals surface area contributed by atoms with Gasteiger partial charge in [0.25, 0.3) is 5.91 Å². The van der Waals surface area contributed by atoms with Crippen LogP contribution in [0.15, 0.2) is 24.3 Å². The van der Waals surface area contributed by atoms with E-state index in [4.69, 9.17) is 0 Å². The first-order chi connectivity index (χ1) is 12.0. The molecule has 7 heteroatoms. The number of halogens is 2. The first-order valence-corrected chi connectivity index (χ1v) is 9.65. The Morgan fingerprint density at radius 2 is 1.74 bits per heavy atom. The Hall–Kier alpha value is -1.01. The zero-order valence-corrected chi connectivity index (χ0v) is 18.2. The molecule has 0 bridgehead atoms. The van der Waals surface area contributed by atoms with Crippen molar-refractivity contribution in [3.8, 4) is 0 Å². The van der Waals surface area contributed by atoms with E-state index in [0.717, 1.165) is 51.3 Å². The predicted molar refractivity (Wildman–Crippen MR) is 118 cm³/mol. The molecule has 1 aromatic carbocycles. The van der Waals surface area contributed by atoms with Gasteiger partial charge in [-0.3, -0.25) is 9.69 Å². The lowest BCUT2D eigenvalue weighted by Gasteiger charge is -2.38. The van der Waals surface area contributed by atoms with Crippen LogP contribution in [0.2, 0.25) is 0 Å². The van der Waals surface area contributed by atoms with Crippen LogP contribution in [0.25, 0.3) is 0 Å². The fourth-order valence-electron chi connectivity index (χ4n) is 3.75. The van der Waals surface area contributed by atoms with Crippen molar-refractivity contribution in [1.29, 1.82) is 0 Å². The molecule has 3 rings (SSSR count). The fourth-order valence-corrected chi connectivity index (χ4v) is 3.75. The van der Waals surface area contributed by atoms with E-state index < -0.39 is 0 Å². The molecule has 154 valence electrons. The highest BCUT2D eigenvalue weighted by atomic mass is 35.5. The second kappa shape index (κ2) is 11.1. The maximum absolute atomic E-state index is 12.5. The van der Waals surface area contributed by atoms with Crippen molar-refractivity contribution in [2.45, 2.75) is 39.3 Å². The molecule has 2 fully saturated rings. The summed E-state index contributed by atoms with van der Waals surface area (Å²) < 4.78 is 0. The number of hydrogen-bond donors (Lipinski definition) is 2. The maximum Gasteiger partial charge on any atom is 0.251 e. The number of piperazine rings is 1. The van der Waals surface area contributed by atoms with Gasteiger partial charge in [0, 0.05) is 56.1 Å². The van der Waals surface area contributed by atoms with Crippen LogP contribution in [-0.4, -0.2) is 62.2 Å². The lowest BCUT2D eigenvalue weighted by atomic mass is 9.94. The van der Waals surface area contributed by atoms with Gasteiger partial charge in [-0.2, -0.15) is 0 Å². The fraction of sp³-hybridized carbons (Fsp3) is 0.650. The smallest absolute Gasteiger partial charge is 0.251 e. The third-order valence-electron chi connectivity index (χ3n) is 5.68. The topological polar surface area (TPSA) is 47.6 Å². The quantitative estimate of drug-likeness (QED) is 0.791. The Labute approximate surface area is 176 Å². The summed E-state index contributed by atoms with van der Waals surface area (Å²) in [6.07, 6.45) is 1.12. The first-order valence-electron chi connectivity index (χ1n) is 9.65. The van der Waals surface area contributed by atoms with Gasteiger partial charge in [-0.15, -0.1) is 24.8 Å². The summed E-state index contributed by atoms with van der Waals surface area (Å²) in [5.74, 6) is 0.568. The van der Waals surface area contributed by atoms with Gasteiger partial charge in [0.1, 0.15) is 0 Å². The Balaban J connectivity index is 0.00000182. The summed E-state index contributed by atoms with van der Waals surface area (Å²) in [6.45, 7) is 12.9. The van der Waals surface area contributed by atoms with Gasteiger partial charge >= 0.3 is 0 Å². The average Bonchev–Trinajstić information content (AvgIpc) is 2.64. The normalized spacial score (nSPS) is 23.3. The molecule has 5 nitrogen and oxygen atoms in total. The number of hydrogen-bond acceptors (Lipinski definition) is 4. The monoisotopic (exact) mass is 416 g/mol. The second-order valence-electron chi connectivity index (χ2n) is 7.71. The number of carbonyl (C=O) groups is 1. The van der Waals surface area contributed by atoms with Gasteiger partial charge in [0.15, 0.2) is 0 Å². The highest BCUT2D eigenvalue weighted by Gasteiger charge is 2.23. The van der Waals surface area contributed by atoms with Crippen molar-refractivity contribution in [2.75, 3.05) is 44.2 Å². The summed E-state index contributed by atoms with van der Waals surface area (Å²) in [5, 5.41) is 6.54. The van der Waals surface area contributed by atoms with Crippen LogP contribution in [0.4, 0.5) is 5.69 Å². The van der Waals surface area contributed by atoms with Crippen LogP contribution < -0.4 is 15.5 Å². The van der Waals surface area contributed by atoms with Gasteiger partial charge in [0.05, 0.1) is 0 Å². The molecule has 2 aliphatic rings. The Morgan fingerprint density at radius 3 is 2.30 bits per heavy atom. The number of piperidine rings is 1. The number of anilines is 1. The summed E-state index contributed by atoms with van der Waals surface area (Å²) >= 11 is 0. The van der Waals surface area contributed by atoms with Crippen molar-refractivity contribution in [3.63, 3.8) is 0 Å². The van der Waals surface area contributed by atoms with Gasteiger partial charge in [-0.05, 0) is 57.0 Å². The number of rotatable bonds is 4. The predicted octanol–water partition coefficient (Wildman–Crippen LogP) is 2.79. The highest BCUT2D eigenvalue weighted by Crippen LogP contribution is 2.19. The van der Waals surface area contributed by atoms with Gasteiger partial charge in [-0.25, -0.2) is 0 Å². The third-order valence-corrected chi connectivity index (χ3v) is 5.68. The molecule has 0 spiro atoms. The van der Waals surface area contributed by atoms with Gasteiger partial charge < -0.3 is 15.5 Å². The van der Waals surface area contributed by atoms with Crippen molar-refractivity contribution < 1.29 is 4.79 Å². The molecule has 2 atom stereocenters. The highest BCUT2D eigenvalue weighted by molar-refractivity contribution is 5.94. The number of amides is 1. The minimum absolute atomic E-state index is 0. The molecule has 0 aliphatic carbocycles. The van der Waals surface area contributed by atoms with E-state index in [9.17, 15) is 4.79 Å². The van der Waals surface area contributed by atoms with Crippen LogP contribution in [0.3, 0.4) is 0 Å². The molecule has 27 heavy (non-hydrogen) atoms. The molecule has 0 saturated carbocycles. The molecule has 2 aliphatic heterocycles. The van der Waals surface area contributed by atoms with Crippen LogP contribution in [0.5, 0.6) is 0 Å². The number of carbonyl (C=O) groups excluding carboxylic acids is 1. The van der Waals surface area contributed by atoms with E-state index in [0.29, 0.717) is 12.0 Å². The lowest BCUT2D eigenvalue weighted by Crippen LogP contribution is -2.50. The largest absolute Gasteiger partial charge is 0.369 e. The van der Waals surface area contributed by atoms with Crippen molar-refractivity contribution in [3.05, 3.63) is 29.8 Å². The lowest BCUT2D eigenvalue weighted by molar-refractivity contribution is 0.0915. The van der Waals surface area contributed by atoms with E-state index in [1.54, 1.807) is 0 Å². The summed E-state index contributed by atoms with van der Waals surface area (Å²) in [4.78, 5) is 17.4. The number of nitrogens with one attached hydrogen (secondary N) is 2. The Morgan fingerprint density at radius 1 is 1.11 bits per heavy atom. The second-order valence-corrected chi connectivity index (χ2v) is 7.71. The van der Waals surface area contributed by atoms with Crippen LogP contribution in [-0.2, 0) is 0 Å². The molecule has 0 aromatic heterocycles. The first kappa shape index (κ1) is 24.0. The molecule has 2 heterocycles. The van der Waals surface area contributed by atoms with Crippen molar-refractivity contribution in [2.24, 2.45) is 5.92 Å². The SMILES string of the molecule is CC1CCNCC1NC(=O)c1ccc(N2CCN(C(C)C)CC2)cc1.Cl.Cl.